The average Bonchev–Trinajstić information content (AvgIpc) is 2.97. The largest absolute Gasteiger partial charge is 0.496 e. The van der Waals surface area contributed by atoms with Crippen molar-refractivity contribution in [2.24, 2.45) is 0 Å². The Hall–Kier alpha value is -2.07. The van der Waals surface area contributed by atoms with E-state index in [2.05, 4.69) is 5.32 Å². The van der Waals surface area contributed by atoms with Crippen molar-refractivity contribution < 1.29 is 32.3 Å². The van der Waals surface area contributed by atoms with Gasteiger partial charge in [-0.1, -0.05) is 12.1 Å². The Balaban J connectivity index is 1.72. The van der Waals surface area contributed by atoms with Crippen LogP contribution in [0, 0.1) is 0 Å². The quantitative estimate of drug-likeness (QED) is 0.654. The molecule has 1 heterocycles. The van der Waals surface area contributed by atoms with Gasteiger partial charge in [0.2, 0.25) is 0 Å². The number of hydrogen-bond acceptors (Lipinski definition) is 8. The van der Waals surface area contributed by atoms with E-state index in [1.807, 2.05) is 0 Å². The molecule has 0 radical (unpaired) electrons. The molecule has 26 heavy (non-hydrogen) atoms. The maximum atomic E-state index is 12.0. The first kappa shape index (κ1) is 20.2. The Morgan fingerprint density at radius 3 is 2.65 bits per heavy atom. The molecule has 10 heteroatoms. The lowest BCUT2D eigenvalue weighted by Crippen LogP contribution is -2.34. The molecule has 1 aliphatic heterocycles. The van der Waals surface area contributed by atoms with Crippen molar-refractivity contribution in [1.29, 1.82) is 0 Å². The van der Waals surface area contributed by atoms with Crippen LogP contribution < -0.4 is 10.1 Å². The highest BCUT2D eigenvalue weighted by atomic mass is 32.2. The molecule has 1 aliphatic rings. The van der Waals surface area contributed by atoms with E-state index in [1.165, 1.54) is 24.9 Å². The van der Waals surface area contributed by atoms with Crippen LogP contribution in [0.15, 0.2) is 24.3 Å². The van der Waals surface area contributed by atoms with Crippen molar-refractivity contribution in [2.75, 3.05) is 31.0 Å². The van der Waals surface area contributed by atoms with Crippen LogP contribution in [-0.2, 0) is 24.2 Å². The number of carbonyl (C=O) groups is 3. The number of methoxy groups -OCH3 is 1. The summed E-state index contributed by atoms with van der Waals surface area (Å²) in [5, 5.41) is 1.98. The molecule has 1 aromatic rings. The Kier molecular flexibility index (Phi) is 7.04. The van der Waals surface area contributed by atoms with Crippen molar-refractivity contribution in [3.05, 3.63) is 29.8 Å². The van der Waals surface area contributed by atoms with Crippen molar-refractivity contribution >= 4 is 39.4 Å². The third-order valence-electron chi connectivity index (χ3n) is 3.60. The molecule has 0 spiro atoms. The standard InChI is InChI=1S/C16H19NO7S2/c1-23-13-5-3-2-4-12(13)16(20)17-14(18)8-24-15(19)9-25-11-6-7-26(21,22)10-11/h2-5,11H,6-10H2,1H3,(H,17,18,20)/t11-/m1/s1. The number of para-hydroxylation sites is 1. The van der Waals surface area contributed by atoms with Gasteiger partial charge in [0, 0.05) is 5.25 Å². The van der Waals surface area contributed by atoms with Crippen molar-refractivity contribution in [3.63, 3.8) is 0 Å². The van der Waals surface area contributed by atoms with Crippen LogP contribution in [0.3, 0.4) is 0 Å². The minimum atomic E-state index is -3.00. The van der Waals surface area contributed by atoms with Gasteiger partial charge in [0.05, 0.1) is 29.9 Å². The van der Waals surface area contributed by atoms with Gasteiger partial charge in [0.25, 0.3) is 11.8 Å². The van der Waals surface area contributed by atoms with E-state index in [-0.39, 0.29) is 28.1 Å². The topological polar surface area (TPSA) is 116 Å². The molecule has 0 saturated carbocycles. The van der Waals surface area contributed by atoms with E-state index in [0.29, 0.717) is 12.2 Å². The van der Waals surface area contributed by atoms with Crippen LogP contribution in [0.5, 0.6) is 5.75 Å². The number of hydrogen-bond donors (Lipinski definition) is 1. The summed E-state index contributed by atoms with van der Waals surface area (Å²) < 4.78 is 32.5. The number of sulfone groups is 1. The van der Waals surface area contributed by atoms with E-state index < -0.39 is 34.2 Å². The summed E-state index contributed by atoms with van der Waals surface area (Å²) in [5.74, 6) is -1.60. The Labute approximate surface area is 155 Å². The van der Waals surface area contributed by atoms with Gasteiger partial charge in [-0.05, 0) is 18.6 Å². The number of benzene rings is 1. The third-order valence-corrected chi connectivity index (χ3v) is 6.85. The lowest BCUT2D eigenvalue weighted by molar-refractivity contribution is -0.145. The predicted molar refractivity (Wildman–Crippen MR) is 95.9 cm³/mol. The molecule has 8 nitrogen and oxygen atoms in total. The minimum Gasteiger partial charge on any atom is -0.496 e. The number of nitrogens with one attached hydrogen (secondary N) is 1. The fraction of sp³-hybridized carbons (Fsp3) is 0.438. The van der Waals surface area contributed by atoms with Gasteiger partial charge < -0.3 is 9.47 Å². The summed E-state index contributed by atoms with van der Waals surface area (Å²) in [7, 11) is -1.59. The number of carbonyl (C=O) groups excluding carboxylic acids is 3. The molecule has 142 valence electrons. The number of rotatable bonds is 7. The first-order valence-corrected chi connectivity index (χ1v) is 10.6. The zero-order valence-corrected chi connectivity index (χ0v) is 15.7. The molecular formula is C16H19NO7S2. The Morgan fingerprint density at radius 2 is 2.00 bits per heavy atom. The van der Waals surface area contributed by atoms with E-state index in [1.54, 1.807) is 18.2 Å². The number of imide groups is 1. The van der Waals surface area contributed by atoms with Crippen molar-refractivity contribution in [2.45, 2.75) is 11.7 Å². The molecule has 2 amide bonds. The third kappa shape index (κ3) is 6.03. The van der Waals surface area contributed by atoms with Crippen LogP contribution >= 0.6 is 11.8 Å². The molecular weight excluding hydrogens is 382 g/mol. The molecule has 0 aromatic heterocycles. The van der Waals surface area contributed by atoms with E-state index in [0.717, 1.165) is 0 Å². The SMILES string of the molecule is COc1ccccc1C(=O)NC(=O)COC(=O)CS[C@@H]1CCS(=O)(=O)C1. The van der Waals surface area contributed by atoms with E-state index >= 15 is 0 Å². The fourth-order valence-electron chi connectivity index (χ4n) is 2.33. The highest BCUT2D eigenvalue weighted by Gasteiger charge is 2.28. The normalized spacial score (nSPS) is 18.1. The molecule has 0 unspecified atom stereocenters. The average molecular weight is 401 g/mol. The number of esters is 1. The summed E-state index contributed by atoms with van der Waals surface area (Å²) in [6.45, 7) is -0.594. The lowest BCUT2D eigenvalue weighted by atomic mass is 10.2. The number of amides is 2. The Morgan fingerprint density at radius 1 is 1.27 bits per heavy atom. The summed E-state index contributed by atoms with van der Waals surface area (Å²) >= 11 is 1.19. The van der Waals surface area contributed by atoms with E-state index in [4.69, 9.17) is 9.47 Å². The minimum absolute atomic E-state index is 0.0477. The van der Waals surface area contributed by atoms with Crippen LogP contribution in [-0.4, -0.2) is 62.4 Å². The van der Waals surface area contributed by atoms with Gasteiger partial charge in [-0.15, -0.1) is 11.8 Å². The smallest absolute Gasteiger partial charge is 0.316 e. The highest BCUT2D eigenvalue weighted by Crippen LogP contribution is 2.24. The second-order valence-corrected chi connectivity index (χ2v) is 9.09. The van der Waals surface area contributed by atoms with Gasteiger partial charge in [-0.2, -0.15) is 0 Å². The molecule has 0 bridgehead atoms. The van der Waals surface area contributed by atoms with Crippen molar-refractivity contribution in [1.82, 2.24) is 5.32 Å². The first-order valence-electron chi connectivity index (χ1n) is 7.75. The van der Waals surface area contributed by atoms with Gasteiger partial charge in [0.1, 0.15) is 5.75 Å². The molecule has 1 N–H and O–H groups in total. The van der Waals surface area contributed by atoms with Crippen molar-refractivity contribution in [3.8, 4) is 5.75 Å². The molecule has 1 fully saturated rings. The lowest BCUT2D eigenvalue weighted by Gasteiger charge is -2.09. The zero-order chi connectivity index (χ0) is 19.2. The molecule has 0 aliphatic carbocycles. The molecule has 2 rings (SSSR count). The summed E-state index contributed by atoms with van der Waals surface area (Å²) in [4.78, 5) is 35.4. The highest BCUT2D eigenvalue weighted by molar-refractivity contribution is 8.02. The monoisotopic (exact) mass is 401 g/mol. The maximum absolute atomic E-state index is 12.0. The van der Waals surface area contributed by atoms with Gasteiger partial charge >= 0.3 is 5.97 Å². The number of ether oxygens (including phenoxy) is 2. The molecule has 1 atom stereocenters. The predicted octanol–water partition coefficient (Wildman–Crippen LogP) is 0.415. The van der Waals surface area contributed by atoms with E-state index in [9.17, 15) is 22.8 Å². The maximum Gasteiger partial charge on any atom is 0.316 e. The zero-order valence-electron chi connectivity index (χ0n) is 14.1. The van der Waals surface area contributed by atoms with Gasteiger partial charge in [-0.25, -0.2) is 8.42 Å². The first-order chi connectivity index (χ1) is 12.3. The Bertz CT molecular complexity index is 792. The van der Waals surface area contributed by atoms with Crippen LogP contribution in [0.2, 0.25) is 0 Å². The van der Waals surface area contributed by atoms with Crippen LogP contribution in [0.25, 0.3) is 0 Å². The number of thioether (sulfide) groups is 1. The molecule has 1 aromatic carbocycles. The fourth-order valence-corrected chi connectivity index (χ4v) is 5.77. The summed E-state index contributed by atoms with van der Waals surface area (Å²) in [5.41, 5.74) is 0.188. The molecule has 1 saturated heterocycles. The van der Waals surface area contributed by atoms with Crippen LogP contribution in [0.1, 0.15) is 16.8 Å². The van der Waals surface area contributed by atoms with Gasteiger partial charge in [-0.3, -0.25) is 19.7 Å². The second-order valence-electron chi connectivity index (χ2n) is 5.57. The van der Waals surface area contributed by atoms with Crippen LogP contribution in [0.4, 0.5) is 0 Å². The van der Waals surface area contributed by atoms with Gasteiger partial charge in [0.15, 0.2) is 16.4 Å². The summed E-state index contributed by atoms with van der Waals surface area (Å²) in [6, 6.07) is 6.40. The summed E-state index contributed by atoms with van der Waals surface area (Å²) in [6.07, 6.45) is 0.508. The second kappa shape index (κ2) is 9.04.